The molecule has 0 saturated carbocycles. The summed E-state index contributed by atoms with van der Waals surface area (Å²) in [5.74, 6) is 0. The highest BCUT2D eigenvalue weighted by molar-refractivity contribution is 7.55. The topological polar surface area (TPSA) is 35.5 Å². The van der Waals surface area contributed by atoms with Crippen LogP contribution in [0.2, 0.25) is 0 Å². The van der Waals surface area contributed by atoms with Crippen molar-refractivity contribution < 1.29 is 13.6 Å². The third-order valence-corrected chi connectivity index (χ3v) is 5.30. The maximum absolute atomic E-state index is 12.5. The maximum atomic E-state index is 12.5. The van der Waals surface area contributed by atoms with Crippen LogP contribution in [0.1, 0.15) is 31.9 Å². The van der Waals surface area contributed by atoms with Gasteiger partial charge in [-0.1, -0.05) is 24.3 Å². The molecule has 0 radical (unpaired) electrons. The summed E-state index contributed by atoms with van der Waals surface area (Å²) >= 11 is 0. The van der Waals surface area contributed by atoms with E-state index in [1.807, 2.05) is 45.0 Å². The Morgan fingerprint density at radius 1 is 1.06 bits per heavy atom. The third kappa shape index (κ3) is 2.08. The van der Waals surface area contributed by atoms with Gasteiger partial charge in [0.15, 0.2) is 0 Å². The fraction of sp³-hybridized carbons (Fsp3) is 0.500. The summed E-state index contributed by atoms with van der Waals surface area (Å²) in [5.41, 5.74) is 2.12. The summed E-state index contributed by atoms with van der Waals surface area (Å²) in [6, 6.07) is 7.87. The van der Waals surface area contributed by atoms with E-state index in [4.69, 9.17) is 9.05 Å². The summed E-state index contributed by atoms with van der Waals surface area (Å²) in [6.07, 6.45) is 0. The molecule has 2 rings (SSSR count). The van der Waals surface area contributed by atoms with Crippen LogP contribution >= 0.6 is 7.60 Å². The van der Waals surface area contributed by atoms with E-state index >= 15 is 0 Å². The number of rotatable bonds is 0. The zero-order chi connectivity index (χ0) is 11.8. The first-order valence-electron chi connectivity index (χ1n) is 5.38. The number of hydrogen-bond donors (Lipinski definition) is 0. The van der Waals surface area contributed by atoms with Gasteiger partial charge in [-0.05, 0) is 31.9 Å². The van der Waals surface area contributed by atoms with Crippen molar-refractivity contribution in [2.45, 2.75) is 39.1 Å². The Labute approximate surface area is 96.3 Å². The second kappa shape index (κ2) is 3.99. The average molecular weight is 240 g/mol. The predicted molar refractivity (Wildman–Crippen MR) is 63.4 cm³/mol. The van der Waals surface area contributed by atoms with Crippen molar-refractivity contribution in [2.24, 2.45) is 0 Å². The first-order chi connectivity index (χ1) is 7.42. The molecule has 0 atom stereocenters. The van der Waals surface area contributed by atoms with Crippen molar-refractivity contribution in [3.05, 3.63) is 35.4 Å². The van der Waals surface area contributed by atoms with Gasteiger partial charge in [0.1, 0.15) is 0 Å². The quantitative estimate of drug-likeness (QED) is 0.648. The molecule has 3 nitrogen and oxygen atoms in total. The molecule has 16 heavy (non-hydrogen) atoms. The smallest absolute Gasteiger partial charge is 0.303 e. The molecule has 0 fully saturated rings. The fourth-order valence-corrected chi connectivity index (χ4v) is 3.04. The zero-order valence-electron chi connectivity index (χ0n) is 9.90. The average Bonchev–Trinajstić information content (AvgIpc) is 2.39. The van der Waals surface area contributed by atoms with E-state index in [1.165, 1.54) is 0 Å². The third-order valence-electron chi connectivity index (χ3n) is 2.72. The van der Waals surface area contributed by atoms with Crippen molar-refractivity contribution in [2.75, 3.05) is 0 Å². The van der Waals surface area contributed by atoms with Crippen LogP contribution in [0.3, 0.4) is 0 Å². The van der Waals surface area contributed by atoms with Crippen LogP contribution in [-0.2, 0) is 26.8 Å². The first kappa shape index (κ1) is 11.8. The molecule has 1 aliphatic rings. The molecule has 0 amide bonds. The Morgan fingerprint density at radius 3 is 1.88 bits per heavy atom. The van der Waals surface area contributed by atoms with Crippen molar-refractivity contribution in [3.63, 3.8) is 0 Å². The first-order valence-corrected chi connectivity index (χ1v) is 6.93. The Balaban J connectivity index is 2.29. The summed E-state index contributed by atoms with van der Waals surface area (Å²) in [7, 11) is -3.02. The van der Waals surface area contributed by atoms with Crippen LogP contribution in [-0.4, -0.2) is 5.16 Å². The molecule has 0 saturated heterocycles. The molecule has 1 aromatic rings. The van der Waals surface area contributed by atoms with E-state index < -0.39 is 12.8 Å². The highest BCUT2D eigenvalue weighted by atomic mass is 31.2. The Kier molecular flexibility index (Phi) is 2.95. The molecule has 4 heteroatoms. The summed E-state index contributed by atoms with van der Waals surface area (Å²) in [5, 5.41) is -0.477. The van der Waals surface area contributed by atoms with E-state index in [-0.39, 0.29) is 0 Å². The fourth-order valence-electron chi connectivity index (χ4n) is 1.57. The maximum Gasteiger partial charge on any atom is 0.336 e. The van der Waals surface area contributed by atoms with E-state index in [9.17, 15) is 4.57 Å². The van der Waals surface area contributed by atoms with Gasteiger partial charge in [-0.25, -0.2) is 0 Å². The van der Waals surface area contributed by atoms with Gasteiger partial charge in [0.05, 0.1) is 18.4 Å². The van der Waals surface area contributed by atoms with Crippen molar-refractivity contribution >= 4 is 7.60 Å². The van der Waals surface area contributed by atoms with E-state index in [1.54, 1.807) is 0 Å². The van der Waals surface area contributed by atoms with Crippen LogP contribution < -0.4 is 0 Å². The largest absolute Gasteiger partial charge is 0.336 e. The minimum Gasteiger partial charge on any atom is -0.303 e. The zero-order valence-corrected chi connectivity index (χ0v) is 10.8. The van der Waals surface area contributed by atoms with Gasteiger partial charge in [0.2, 0.25) is 0 Å². The summed E-state index contributed by atoms with van der Waals surface area (Å²) in [4.78, 5) is 0. The van der Waals surface area contributed by atoms with Gasteiger partial charge in [-0.15, -0.1) is 0 Å². The molecule has 0 aromatic heterocycles. The van der Waals surface area contributed by atoms with Gasteiger partial charge >= 0.3 is 7.60 Å². The Morgan fingerprint density at radius 2 is 1.50 bits per heavy atom. The SMILES string of the molecule is CC(C)(C)P1(=O)OCc2ccccc2CO1. The number of hydrogen-bond acceptors (Lipinski definition) is 3. The molecule has 1 aromatic carbocycles. The van der Waals surface area contributed by atoms with Crippen LogP contribution in [0, 0.1) is 0 Å². The molecular weight excluding hydrogens is 223 g/mol. The summed E-state index contributed by atoms with van der Waals surface area (Å²) < 4.78 is 23.5. The normalized spacial score (nSPS) is 19.9. The molecule has 0 spiro atoms. The molecule has 1 heterocycles. The highest BCUT2D eigenvalue weighted by Gasteiger charge is 2.41. The Hall–Kier alpha value is -0.630. The standard InChI is InChI=1S/C12H17O3P/c1-12(2,3)16(13)14-8-10-6-4-5-7-11(10)9-15-16/h4-7H,8-9H2,1-3H3. The van der Waals surface area contributed by atoms with Crippen molar-refractivity contribution in [1.82, 2.24) is 0 Å². The lowest BCUT2D eigenvalue weighted by Gasteiger charge is -2.28. The molecule has 0 bridgehead atoms. The monoisotopic (exact) mass is 240 g/mol. The van der Waals surface area contributed by atoms with Gasteiger partial charge < -0.3 is 9.05 Å². The molecular formula is C12H17O3P. The summed E-state index contributed by atoms with van der Waals surface area (Å²) in [6.45, 7) is 6.37. The molecule has 0 unspecified atom stereocenters. The van der Waals surface area contributed by atoms with Crippen LogP contribution in [0.5, 0.6) is 0 Å². The van der Waals surface area contributed by atoms with Gasteiger partial charge in [-0.2, -0.15) is 0 Å². The molecule has 0 aliphatic carbocycles. The second-order valence-electron chi connectivity index (χ2n) is 4.98. The lowest BCUT2D eigenvalue weighted by Crippen LogP contribution is -2.17. The van der Waals surface area contributed by atoms with Crippen molar-refractivity contribution in [3.8, 4) is 0 Å². The predicted octanol–water partition coefficient (Wildman–Crippen LogP) is 3.73. The van der Waals surface area contributed by atoms with Crippen LogP contribution in [0.15, 0.2) is 24.3 Å². The lowest BCUT2D eigenvalue weighted by atomic mass is 10.1. The van der Waals surface area contributed by atoms with Gasteiger partial charge in [0, 0.05) is 0 Å². The lowest BCUT2D eigenvalue weighted by molar-refractivity contribution is 0.190. The second-order valence-corrected chi connectivity index (χ2v) is 7.84. The molecule has 0 N–H and O–H groups in total. The van der Waals surface area contributed by atoms with Gasteiger partial charge in [0.25, 0.3) is 0 Å². The molecule has 88 valence electrons. The number of benzene rings is 1. The van der Waals surface area contributed by atoms with Crippen LogP contribution in [0.4, 0.5) is 0 Å². The number of fused-ring (bicyclic) bond motifs is 1. The van der Waals surface area contributed by atoms with Crippen molar-refractivity contribution in [1.29, 1.82) is 0 Å². The van der Waals surface area contributed by atoms with E-state index in [2.05, 4.69) is 0 Å². The highest BCUT2D eigenvalue weighted by Crippen LogP contribution is 2.61. The minimum absolute atomic E-state index is 0.366. The van der Waals surface area contributed by atoms with E-state index in [0.29, 0.717) is 13.2 Å². The molecule has 1 aliphatic heterocycles. The Bertz CT molecular complexity index is 403. The minimum atomic E-state index is -3.02. The van der Waals surface area contributed by atoms with Crippen LogP contribution in [0.25, 0.3) is 0 Å². The van der Waals surface area contributed by atoms with Gasteiger partial charge in [-0.3, -0.25) is 4.57 Å². The van der Waals surface area contributed by atoms with E-state index in [0.717, 1.165) is 11.1 Å².